The van der Waals surface area contributed by atoms with Gasteiger partial charge in [0.25, 0.3) is 5.22 Å². The molecule has 0 unspecified atom stereocenters. The number of hydrogen-bond acceptors (Lipinski definition) is 6. The monoisotopic (exact) mass is 372 g/mol. The summed E-state index contributed by atoms with van der Waals surface area (Å²) in [6.45, 7) is 0. The zero-order valence-electron chi connectivity index (χ0n) is 12.7. The standard InChI is InChI=1S/C17H10ClFN4OS/c18-11-3-6-14-13(8-11)16(21-9-20-14)25-17-23-22-15(24-17)7-10-1-4-12(19)5-2-10/h1-6,8-9H,7H2. The van der Waals surface area contributed by atoms with E-state index in [1.807, 2.05) is 6.07 Å². The third kappa shape index (κ3) is 3.62. The number of fused-ring (bicyclic) bond motifs is 1. The van der Waals surface area contributed by atoms with E-state index in [2.05, 4.69) is 20.2 Å². The lowest BCUT2D eigenvalue weighted by Crippen LogP contribution is -1.88. The van der Waals surface area contributed by atoms with Crippen molar-refractivity contribution in [3.05, 3.63) is 71.1 Å². The highest BCUT2D eigenvalue weighted by Crippen LogP contribution is 2.31. The van der Waals surface area contributed by atoms with Gasteiger partial charge in [-0.1, -0.05) is 23.7 Å². The maximum absolute atomic E-state index is 13.0. The smallest absolute Gasteiger partial charge is 0.282 e. The molecule has 0 N–H and O–H groups in total. The van der Waals surface area contributed by atoms with Gasteiger partial charge >= 0.3 is 0 Å². The van der Waals surface area contributed by atoms with Crippen molar-refractivity contribution in [1.82, 2.24) is 20.2 Å². The summed E-state index contributed by atoms with van der Waals surface area (Å²) < 4.78 is 18.6. The molecule has 124 valence electrons. The maximum Gasteiger partial charge on any atom is 0.282 e. The van der Waals surface area contributed by atoms with Crippen LogP contribution < -0.4 is 0 Å². The van der Waals surface area contributed by atoms with E-state index in [9.17, 15) is 4.39 Å². The summed E-state index contributed by atoms with van der Waals surface area (Å²) in [6.07, 6.45) is 1.92. The summed E-state index contributed by atoms with van der Waals surface area (Å²) in [5.74, 6) is 0.172. The fraction of sp³-hybridized carbons (Fsp3) is 0.0588. The third-order valence-electron chi connectivity index (χ3n) is 3.46. The van der Waals surface area contributed by atoms with Crippen LogP contribution in [0.1, 0.15) is 11.5 Å². The predicted octanol–water partition coefficient (Wildman–Crippen LogP) is 4.55. The summed E-state index contributed by atoms with van der Waals surface area (Å²) in [7, 11) is 0. The lowest BCUT2D eigenvalue weighted by molar-refractivity contribution is 0.420. The van der Waals surface area contributed by atoms with Gasteiger partial charge in [-0.15, -0.1) is 10.2 Å². The molecule has 0 aliphatic rings. The number of rotatable bonds is 4. The Kier molecular flexibility index (Phi) is 4.33. The highest BCUT2D eigenvalue weighted by Gasteiger charge is 2.12. The summed E-state index contributed by atoms with van der Waals surface area (Å²) in [5, 5.41) is 10.5. The molecule has 0 fully saturated rings. The lowest BCUT2D eigenvalue weighted by Gasteiger charge is -2.02. The fourth-order valence-electron chi connectivity index (χ4n) is 2.30. The van der Waals surface area contributed by atoms with Crippen LogP contribution in [0.15, 0.2) is 63.5 Å². The Morgan fingerprint density at radius 3 is 2.72 bits per heavy atom. The summed E-state index contributed by atoms with van der Waals surface area (Å²) >= 11 is 7.31. The van der Waals surface area contributed by atoms with Crippen LogP contribution >= 0.6 is 23.4 Å². The van der Waals surface area contributed by atoms with Gasteiger partial charge < -0.3 is 4.42 Å². The molecule has 0 aliphatic carbocycles. The van der Waals surface area contributed by atoms with Crippen molar-refractivity contribution >= 4 is 34.3 Å². The number of halogens is 2. The van der Waals surface area contributed by atoms with Gasteiger partial charge in [-0.05, 0) is 47.7 Å². The van der Waals surface area contributed by atoms with Crippen LogP contribution in [0.3, 0.4) is 0 Å². The van der Waals surface area contributed by atoms with Crippen molar-refractivity contribution in [3.63, 3.8) is 0 Å². The van der Waals surface area contributed by atoms with Crippen molar-refractivity contribution in [2.45, 2.75) is 16.7 Å². The Bertz CT molecular complexity index is 1040. The number of nitrogens with zero attached hydrogens (tertiary/aromatic N) is 4. The van der Waals surface area contributed by atoms with E-state index in [0.29, 0.717) is 27.6 Å². The van der Waals surface area contributed by atoms with Gasteiger partial charge in [0.1, 0.15) is 17.2 Å². The molecule has 25 heavy (non-hydrogen) atoms. The summed E-state index contributed by atoms with van der Waals surface area (Å²) in [4.78, 5) is 8.48. The fourth-order valence-corrected chi connectivity index (χ4v) is 3.23. The van der Waals surface area contributed by atoms with Crippen LogP contribution in [-0.4, -0.2) is 20.2 Å². The van der Waals surface area contributed by atoms with Crippen molar-refractivity contribution in [2.75, 3.05) is 0 Å². The zero-order valence-corrected chi connectivity index (χ0v) is 14.3. The van der Waals surface area contributed by atoms with Gasteiger partial charge in [0.2, 0.25) is 5.89 Å². The third-order valence-corrected chi connectivity index (χ3v) is 4.56. The second-order valence-electron chi connectivity index (χ2n) is 5.21. The van der Waals surface area contributed by atoms with Crippen molar-refractivity contribution in [3.8, 4) is 0 Å². The molecule has 0 atom stereocenters. The molecule has 2 heterocycles. The van der Waals surface area contributed by atoms with E-state index >= 15 is 0 Å². The minimum absolute atomic E-state index is 0.278. The molecule has 8 heteroatoms. The predicted molar refractivity (Wildman–Crippen MR) is 92.2 cm³/mol. The van der Waals surface area contributed by atoms with Gasteiger partial charge in [-0.3, -0.25) is 0 Å². The molecule has 0 saturated heterocycles. The van der Waals surface area contributed by atoms with Crippen molar-refractivity contribution in [2.24, 2.45) is 0 Å². The van der Waals surface area contributed by atoms with Gasteiger partial charge in [-0.2, -0.15) is 0 Å². The maximum atomic E-state index is 13.0. The van der Waals surface area contributed by atoms with Gasteiger partial charge in [0.15, 0.2) is 0 Å². The SMILES string of the molecule is Fc1ccc(Cc2nnc(Sc3ncnc4ccc(Cl)cc34)o2)cc1. The van der Waals surface area contributed by atoms with Gasteiger partial charge in [0, 0.05) is 10.4 Å². The molecule has 2 aromatic carbocycles. The Hall–Kier alpha value is -2.51. The first-order valence-corrected chi connectivity index (χ1v) is 8.52. The van der Waals surface area contributed by atoms with Crippen molar-refractivity contribution in [1.29, 1.82) is 0 Å². The molecule has 4 aromatic rings. The number of benzene rings is 2. The van der Waals surface area contributed by atoms with E-state index in [4.69, 9.17) is 16.0 Å². The number of aromatic nitrogens is 4. The minimum atomic E-state index is -0.278. The highest BCUT2D eigenvalue weighted by molar-refractivity contribution is 7.99. The van der Waals surface area contributed by atoms with Crippen LogP contribution in [0.2, 0.25) is 5.02 Å². The van der Waals surface area contributed by atoms with E-state index < -0.39 is 0 Å². The Balaban J connectivity index is 1.57. The first kappa shape index (κ1) is 16.0. The van der Waals surface area contributed by atoms with Crippen molar-refractivity contribution < 1.29 is 8.81 Å². The van der Waals surface area contributed by atoms with E-state index in [1.54, 1.807) is 24.3 Å². The van der Waals surface area contributed by atoms with Crippen LogP contribution in [-0.2, 0) is 6.42 Å². The molecular weight excluding hydrogens is 363 g/mol. The van der Waals surface area contributed by atoms with Crippen LogP contribution in [0.5, 0.6) is 0 Å². The highest BCUT2D eigenvalue weighted by atomic mass is 35.5. The summed E-state index contributed by atoms with van der Waals surface area (Å²) in [5.41, 5.74) is 1.67. The molecule has 0 aliphatic heterocycles. The normalized spacial score (nSPS) is 11.1. The molecule has 0 saturated carbocycles. The topological polar surface area (TPSA) is 64.7 Å². The van der Waals surface area contributed by atoms with Crippen LogP contribution in [0, 0.1) is 5.82 Å². The minimum Gasteiger partial charge on any atom is -0.415 e. The first-order valence-electron chi connectivity index (χ1n) is 7.32. The largest absolute Gasteiger partial charge is 0.415 e. The van der Waals surface area contributed by atoms with E-state index in [-0.39, 0.29) is 5.82 Å². The molecule has 0 amide bonds. The summed E-state index contributed by atoms with van der Waals surface area (Å²) in [6, 6.07) is 11.6. The molecule has 0 bridgehead atoms. The van der Waals surface area contributed by atoms with Crippen LogP contribution in [0.4, 0.5) is 4.39 Å². The molecular formula is C17H10ClFN4OS. The lowest BCUT2D eigenvalue weighted by atomic mass is 10.1. The van der Waals surface area contributed by atoms with E-state index in [1.165, 1.54) is 30.2 Å². The van der Waals surface area contributed by atoms with Gasteiger partial charge in [0.05, 0.1) is 11.9 Å². The second kappa shape index (κ2) is 6.78. The Labute approximate surface area is 151 Å². The van der Waals surface area contributed by atoms with Crippen LogP contribution in [0.25, 0.3) is 10.9 Å². The van der Waals surface area contributed by atoms with E-state index in [0.717, 1.165) is 16.5 Å². The molecule has 2 aromatic heterocycles. The zero-order chi connectivity index (χ0) is 17.2. The Morgan fingerprint density at radius 1 is 1.04 bits per heavy atom. The first-order chi connectivity index (χ1) is 12.2. The molecule has 5 nitrogen and oxygen atoms in total. The number of hydrogen-bond donors (Lipinski definition) is 0. The Morgan fingerprint density at radius 2 is 1.88 bits per heavy atom. The second-order valence-corrected chi connectivity index (χ2v) is 6.58. The quantitative estimate of drug-likeness (QED) is 0.490. The average Bonchev–Trinajstić information content (AvgIpc) is 3.04. The molecule has 0 radical (unpaired) electrons. The molecule has 4 rings (SSSR count). The molecule has 0 spiro atoms. The van der Waals surface area contributed by atoms with Gasteiger partial charge in [-0.25, -0.2) is 14.4 Å². The average molecular weight is 373 g/mol.